The van der Waals surface area contributed by atoms with E-state index in [0.29, 0.717) is 18.2 Å². The molecule has 0 aliphatic carbocycles. The van der Waals surface area contributed by atoms with Crippen molar-refractivity contribution in [2.45, 2.75) is 13.2 Å². The van der Waals surface area contributed by atoms with Crippen molar-refractivity contribution >= 4 is 23.5 Å². The van der Waals surface area contributed by atoms with E-state index in [1.807, 2.05) is 36.5 Å². The third-order valence-electron chi connectivity index (χ3n) is 3.77. The molecule has 3 heterocycles. The number of nitrogens with zero attached hydrogens (tertiary/aromatic N) is 7. The summed E-state index contributed by atoms with van der Waals surface area (Å²) in [6.07, 6.45) is 6.74. The molecular formula is C17H15ClN8O. The molecule has 4 aromatic rings. The topological polar surface area (TPSA) is 95.5 Å². The number of carbonyl (C=O) groups is 1. The van der Waals surface area contributed by atoms with E-state index in [4.69, 9.17) is 11.6 Å². The Kier molecular flexibility index (Phi) is 4.67. The van der Waals surface area contributed by atoms with Crippen molar-refractivity contribution in [1.29, 1.82) is 0 Å². The number of hydrogen-bond acceptors (Lipinski definition) is 5. The van der Waals surface area contributed by atoms with Crippen LogP contribution in [0.15, 0.2) is 61.3 Å². The van der Waals surface area contributed by atoms with Gasteiger partial charge in [0.2, 0.25) is 5.95 Å². The van der Waals surface area contributed by atoms with Crippen molar-refractivity contribution in [3.05, 3.63) is 77.6 Å². The van der Waals surface area contributed by atoms with Gasteiger partial charge in [0.15, 0.2) is 5.69 Å². The Hall–Kier alpha value is -3.46. The second kappa shape index (κ2) is 7.42. The summed E-state index contributed by atoms with van der Waals surface area (Å²) in [6.45, 7) is 0.881. The first kappa shape index (κ1) is 17.0. The van der Waals surface area contributed by atoms with Gasteiger partial charge < -0.3 is 0 Å². The minimum atomic E-state index is -0.385. The zero-order chi connectivity index (χ0) is 18.6. The lowest BCUT2D eigenvalue weighted by molar-refractivity contribution is 0.102. The van der Waals surface area contributed by atoms with E-state index >= 15 is 0 Å². The molecule has 0 atom stereocenters. The van der Waals surface area contributed by atoms with Gasteiger partial charge in [0.25, 0.3) is 5.91 Å². The van der Waals surface area contributed by atoms with Gasteiger partial charge in [0.05, 0.1) is 6.54 Å². The lowest BCUT2D eigenvalue weighted by Crippen LogP contribution is -2.16. The number of amides is 1. The number of rotatable bonds is 6. The predicted octanol–water partition coefficient (Wildman–Crippen LogP) is 2.13. The van der Waals surface area contributed by atoms with Crippen LogP contribution in [-0.2, 0) is 13.2 Å². The van der Waals surface area contributed by atoms with Crippen molar-refractivity contribution in [1.82, 2.24) is 34.3 Å². The summed E-state index contributed by atoms with van der Waals surface area (Å²) in [4.78, 5) is 16.4. The van der Waals surface area contributed by atoms with Gasteiger partial charge in [-0.1, -0.05) is 29.8 Å². The maximum absolute atomic E-state index is 12.3. The van der Waals surface area contributed by atoms with Crippen LogP contribution < -0.4 is 5.32 Å². The smallest absolute Gasteiger partial charge is 0.278 e. The quantitative estimate of drug-likeness (QED) is 0.551. The highest BCUT2D eigenvalue weighted by atomic mass is 35.5. The molecule has 27 heavy (non-hydrogen) atoms. The molecule has 10 heteroatoms. The molecule has 4 rings (SSSR count). The molecule has 0 aliphatic heterocycles. The SMILES string of the molecule is O=C(Nc1ncn(Cc2ccccc2Cl)n1)c1ccn(Cn2cccn2)n1. The number of aromatic nitrogens is 7. The van der Waals surface area contributed by atoms with Gasteiger partial charge in [0, 0.05) is 23.6 Å². The number of hydrogen-bond donors (Lipinski definition) is 1. The maximum Gasteiger partial charge on any atom is 0.278 e. The molecule has 0 radical (unpaired) electrons. The van der Waals surface area contributed by atoms with Gasteiger partial charge in [-0.15, -0.1) is 5.10 Å². The highest BCUT2D eigenvalue weighted by Gasteiger charge is 2.13. The van der Waals surface area contributed by atoms with Crippen LogP contribution in [0, 0.1) is 0 Å². The van der Waals surface area contributed by atoms with Crippen LogP contribution in [0.2, 0.25) is 5.02 Å². The van der Waals surface area contributed by atoms with Crippen LogP contribution in [-0.4, -0.2) is 40.2 Å². The van der Waals surface area contributed by atoms with Gasteiger partial charge in [0.1, 0.15) is 13.0 Å². The van der Waals surface area contributed by atoms with Gasteiger partial charge >= 0.3 is 0 Å². The molecule has 1 N–H and O–H groups in total. The fourth-order valence-electron chi connectivity index (χ4n) is 2.49. The highest BCUT2D eigenvalue weighted by Crippen LogP contribution is 2.16. The minimum Gasteiger partial charge on any atom is -0.288 e. The number of benzene rings is 1. The average molecular weight is 383 g/mol. The third-order valence-corrected chi connectivity index (χ3v) is 4.14. The average Bonchev–Trinajstić information content (AvgIpc) is 3.40. The molecule has 0 fully saturated rings. The Balaban J connectivity index is 1.39. The van der Waals surface area contributed by atoms with Crippen LogP contribution in [0.4, 0.5) is 5.95 Å². The van der Waals surface area contributed by atoms with E-state index in [9.17, 15) is 4.79 Å². The summed E-state index contributed by atoms with van der Waals surface area (Å²) in [7, 11) is 0. The Morgan fingerprint density at radius 3 is 2.74 bits per heavy atom. The number of carbonyl (C=O) groups excluding carboxylic acids is 1. The van der Waals surface area contributed by atoms with Gasteiger partial charge in [-0.2, -0.15) is 10.2 Å². The van der Waals surface area contributed by atoms with E-state index in [1.165, 1.54) is 6.33 Å². The van der Waals surface area contributed by atoms with Crippen molar-refractivity contribution < 1.29 is 4.79 Å². The first-order valence-electron chi connectivity index (χ1n) is 8.12. The van der Waals surface area contributed by atoms with E-state index in [0.717, 1.165) is 5.56 Å². The molecule has 0 saturated carbocycles. The molecule has 0 saturated heterocycles. The summed E-state index contributed by atoms with van der Waals surface area (Å²) >= 11 is 6.15. The number of anilines is 1. The molecule has 3 aromatic heterocycles. The molecule has 136 valence electrons. The van der Waals surface area contributed by atoms with Crippen LogP contribution in [0.3, 0.4) is 0 Å². The number of nitrogens with one attached hydrogen (secondary N) is 1. The normalized spacial score (nSPS) is 10.9. The summed E-state index contributed by atoms with van der Waals surface area (Å²) < 4.78 is 4.92. The largest absolute Gasteiger partial charge is 0.288 e. The van der Waals surface area contributed by atoms with Gasteiger partial charge in [-0.25, -0.2) is 9.67 Å². The zero-order valence-electron chi connectivity index (χ0n) is 14.1. The van der Waals surface area contributed by atoms with Crippen molar-refractivity contribution in [2.24, 2.45) is 0 Å². The predicted molar refractivity (Wildman–Crippen MR) is 98.4 cm³/mol. The van der Waals surface area contributed by atoms with Gasteiger partial charge in [-0.05, 0) is 23.8 Å². The first-order valence-corrected chi connectivity index (χ1v) is 8.50. The molecule has 0 bridgehead atoms. The Bertz CT molecular complexity index is 1050. The van der Waals surface area contributed by atoms with E-state index < -0.39 is 0 Å². The second-order valence-corrected chi connectivity index (χ2v) is 6.15. The Morgan fingerprint density at radius 2 is 1.93 bits per heavy atom. The number of halogens is 1. The third kappa shape index (κ3) is 4.04. The maximum atomic E-state index is 12.3. The lowest BCUT2D eigenvalue weighted by atomic mass is 10.2. The van der Waals surface area contributed by atoms with Crippen LogP contribution in [0.1, 0.15) is 16.1 Å². The van der Waals surface area contributed by atoms with Crippen molar-refractivity contribution in [3.8, 4) is 0 Å². The molecule has 9 nitrogen and oxygen atoms in total. The lowest BCUT2D eigenvalue weighted by Gasteiger charge is -2.03. The minimum absolute atomic E-state index is 0.202. The summed E-state index contributed by atoms with van der Waals surface area (Å²) in [5.41, 5.74) is 1.18. The molecule has 0 aliphatic rings. The Labute approximate surface area is 159 Å². The molecule has 1 amide bonds. The van der Waals surface area contributed by atoms with E-state index in [1.54, 1.807) is 32.5 Å². The molecular weight excluding hydrogens is 368 g/mol. The van der Waals surface area contributed by atoms with Crippen molar-refractivity contribution in [3.63, 3.8) is 0 Å². The fraction of sp³-hybridized carbons (Fsp3) is 0.118. The summed E-state index contributed by atoms with van der Waals surface area (Å²) in [6, 6.07) is 10.9. The zero-order valence-corrected chi connectivity index (χ0v) is 14.9. The molecule has 0 unspecified atom stereocenters. The van der Waals surface area contributed by atoms with E-state index in [-0.39, 0.29) is 17.5 Å². The van der Waals surface area contributed by atoms with Crippen LogP contribution in [0.5, 0.6) is 0 Å². The standard InChI is InChI=1S/C17H15ClN8O/c18-14-5-2-1-4-13(14)10-26-11-19-17(23-26)21-16(27)15-6-9-25(22-15)12-24-8-3-7-20-24/h1-9,11H,10,12H2,(H,21,23,27). The summed E-state index contributed by atoms with van der Waals surface area (Å²) in [5.74, 6) is -0.182. The van der Waals surface area contributed by atoms with Gasteiger partial charge in [-0.3, -0.25) is 19.5 Å². The van der Waals surface area contributed by atoms with Crippen LogP contribution in [0.25, 0.3) is 0 Å². The second-order valence-electron chi connectivity index (χ2n) is 5.74. The molecule has 1 aromatic carbocycles. The van der Waals surface area contributed by atoms with Crippen molar-refractivity contribution in [2.75, 3.05) is 5.32 Å². The molecule has 0 spiro atoms. The Morgan fingerprint density at radius 1 is 1.04 bits per heavy atom. The first-order chi connectivity index (χ1) is 13.2. The fourth-order valence-corrected chi connectivity index (χ4v) is 2.68. The monoisotopic (exact) mass is 382 g/mol. The van der Waals surface area contributed by atoms with E-state index in [2.05, 4.69) is 25.6 Å². The summed E-state index contributed by atoms with van der Waals surface area (Å²) in [5, 5.41) is 15.9. The van der Waals surface area contributed by atoms with Crippen LogP contribution >= 0.6 is 11.6 Å². The highest BCUT2D eigenvalue weighted by molar-refractivity contribution is 6.31.